The van der Waals surface area contributed by atoms with Crippen molar-refractivity contribution in [3.05, 3.63) is 129 Å². The zero-order valence-corrected chi connectivity index (χ0v) is 28.9. The number of nitrogens with one attached hydrogen (secondary N) is 1. The lowest BCUT2D eigenvalue weighted by molar-refractivity contribution is -0.140. The van der Waals surface area contributed by atoms with Gasteiger partial charge in [-0.15, -0.1) is 0 Å². The second kappa shape index (κ2) is 15.4. The normalized spacial score (nSPS) is 14.0. The van der Waals surface area contributed by atoms with Gasteiger partial charge >= 0.3 is 0 Å². The molecule has 10 heteroatoms. The van der Waals surface area contributed by atoms with E-state index in [4.69, 9.17) is 23.2 Å². The highest BCUT2D eigenvalue weighted by molar-refractivity contribution is 7.92. The molecule has 1 fully saturated rings. The van der Waals surface area contributed by atoms with E-state index in [1.54, 1.807) is 12.1 Å². The molecule has 1 aliphatic rings. The summed E-state index contributed by atoms with van der Waals surface area (Å²) in [6, 6.07) is 27.2. The van der Waals surface area contributed by atoms with E-state index < -0.39 is 28.5 Å². The van der Waals surface area contributed by atoms with Gasteiger partial charge in [-0.3, -0.25) is 13.9 Å². The molecule has 1 saturated carbocycles. The summed E-state index contributed by atoms with van der Waals surface area (Å²) in [5.41, 5.74) is 3.73. The molecule has 0 spiro atoms. The van der Waals surface area contributed by atoms with Crippen LogP contribution in [0, 0.1) is 13.8 Å². The summed E-state index contributed by atoms with van der Waals surface area (Å²) in [5, 5.41) is 3.64. The third-order valence-corrected chi connectivity index (χ3v) is 10.7. The largest absolute Gasteiger partial charge is 0.352 e. The van der Waals surface area contributed by atoms with Gasteiger partial charge < -0.3 is 10.2 Å². The second-order valence-corrected chi connectivity index (χ2v) is 14.9. The van der Waals surface area contributed by atoms with Crippen molar-refractivity contribution in [2.75, 3.05) is 10.8 Å². The van der Waals surface area contributed by atoms with Gasteiger partial charge in [0.2, 0.25) is 11.8 Å². The minimum absolute atomic E-state index is 0.0112. The fourth-order valence-corrected chi connectivity index (χ4v) is 7.89. The number of aryl methyl sites for hydroxylation is 2. The molecule has 0 bridgehead atoms. The molecule has 246 valence electrons. The van der Waals surface area contributed by atoms with E-state index >= 15 is 0 Å². The van der Waals surface area contributed by atoms with Gasteiger partial charge in [-0.25, -0.2) is 8.42 Å². The molecule has 7 nitrogen and oxygen atoms in total. The molecule has 2 amide bonds. The van der Waals surface area contributed by atoms with Crippen molar-refractivity contribution >= 4 is 50.7 Å². The predicted molar refractivity (Wildman–Crippen MR) is 188 cm³/mol. The van der Waals surface area contributed by atoms with Crippen LogP contribution in [-0.4, -0.2) is 43.8 Å². The van der Waals surface area contributed by atoms with Crippen molar-refractivity contribution in [3.8, 4) is 0 Å². The molecule has 0 saturated heterocycles. The van der Waals surface area contributed by atoms with Crippen molar-refractivity contribution in [1.82, 2.24) is 10.2 Å². The first-order chi connectivity index (χ1) is 22.5. The maximum Gasteiger partial charge on any atom is 0.264 e. The van der Waals surface area contributed by atoms with Crippen molar-refractivity contribution < 1.29 is 18.0 Å². The molecule has 0 aromatic heterocycles. The Kier molecular flexibility index (Phi) is 11.3. The molecular weight excluding hydrogens is 653 g/mol. The van der Waals surface area contributed by atoms with Crippen LogP contribution in [0.4, 0.5) is 5.69 Å². The van der Waals surface area contributed by atoms with Gasteiger partial charge in [0, 0.05) is 29.1 Å². The smallest absolute Gasteiger partial charge is 0.264 e. The molecule has 5 rings (SSSR count). The number of carbonyl (C=O) groups is 2. The van der Waals surface area contributed by atoms with E-state index in [0.717, 1.165) is 52.2 Å². The minimum Gasteiger partial charge on any atom is -0.352 e. The summed E-state index contributed by atoms with van der Waals surface area (Å²) in [6.45, 7) is 3.34. The van der Waals surface area contributed by atoms with Crippen molar-refractivity contribution in [3.63, 3.8) is 0 Å². The number of hydrogen-bond donors (Lipinski definition) is 1. The van der Waals surface area contributed by atoms with Gasteiger partial charge in [-0.1, -0.05) is 114 Å². The topological polar surface area (TPSA) is 86.8 Å². The quantitative estimate of drug-likeness (QED) is 0.167. The van der Waals surface area contributed by atoms with E-state index in [1.807, 2.05) is 68.4 Å². The highest BCUT2D eigenvalue weighted by atomic mass is 35.5. The number of nitrogens with zero attached hydrogens (tertiary/aromatic N) is 2. The molecular formula is C37H39Cl2N3O4S. The average molecular weight is 693 g/mol. The third-order valence-electron chi connectivity index (χ3n) is 8.43. The van der Waals surface area contributed by atoms with Gasteiger partial charge in [0.05, 0.1) is 10.6 Å². The zero-order valence-electron chi connectivity index (χ0n) is 26.5. The molecule has 4 aromatic carbocycles. The maximum atomic E-state index is 14.7. The monoisotopic (exact) mass is 691 g/mol. The summed E-state index contributed by atoms with van der Waals surface area (Å²) in [7, 11) is -4.27. The van der Waals surface area contributed by atoms with Gasteiger partial charge in [0.15, 0.2) is 0 Å². The number of amides is 2. The van der Waals surface area contributed by atoms with Crippen LogP contribution in [0.5, 0.6) is 0 Å². The lowest BCUT2D eigenvalue weighted by Gasteiger charge is -2.34. The highest BCUT2D eigenvalue weighted by Gasteiger charge is 2.35. The lowest BCUT2D eigenvalue weighted by Crippen LogP contribution is -2.54. The molecule has 1 atom stereocenters. The molecule has 0 radical (unpaired) electrons. The van der Waals surface area contributed by atoms with E-state index in [9.17, 15) is 18.0 Å². The van der Waals surface area contributed by atoms with E-state index in [-0.39, 0.29) is 45.5 Å². The second-order valence-electron chi connectivity index (χ2n) is 12.2. The summed E-state index contributed by atoms with van der Waals surface area (Å²) >= 11 is 12.7. The van der Waals surface area contributed by atoms with Crippen LogP contribution >= 0.6 is 23.2 Å². The average Bonchev–Trinajstić information content (AvgIpc) is 3.54. The number of rotatable bonds is 12. The summed E-state index contributed by atoms with van der Waals surface area (Å²) < 4.78 is 29.5. The Labute approximate surface area is 287 Å². The maximum absolute atomic E-state index is 14.7. The van der Waals surface area contributed by atoms with E-state index in [0.29, 0.717) is 0 Å². The molecule has 1 N–H and O–H groups in total. The standard InChI is InChI=1S/C37H39Cl2N3O4S/c1-26-15-17-34(18-16-26)47(45,46)42(33-22-30(38)21-31(39)23-33)25-36(43)41(24-29-12-8-9-27(2)19-29)35(20-28-10-4-3-5-11-28)37(44)40-32-13-6-7-14-32/h3-5,8-12,15-19,21-23,32,35H,6-7,13-14,20,24-25H2,1-2H3,(H,40,44). The number of sulfonamides is 1. The first kappa shape index (κ1) is 34.5. The van der Waals surface area contributed by atoms with Crippen LogP contribution in [0.1, 0.15) is 47.9 Å². The van der Waals surface area contributed by atoms with Gasteiger partial charge in [-0.05, 0) is 68.1 Å². The number of anilines is 1. The highest BCUT2D eigenvalue weighted by Crippen LogP contribution is 2.30. The van der Waals surface area contributed by atoms with Gasteiger partial charge in [-0.2, -0.15) is 0 Å². The first-order valence-corrected chi connectivity index (χ1v) is 17.9. The fourth-order valence-electron chi connectivity index (χ4n) is 5.98. The fraction of sp³-hybridized carbons (Fsp3) is 0.297. The lowest BCUT2D eigenvalue weighted by atomic mass is 10.0. The predicted octanol–water partition coefficient (Wildman–Crippen LogP) is 7.50. The van der Waals surface area contributed by atoms with Gasteiger partial charge in [0.1, 0.15) is 12.6 Å². The number of benzene rings is 4. The van der Waals surface area contributed by atoms with Crippen molar-refractivity contribution in [2.24, 2.45) is 0 Å². The van der Waals surface area contributed by atoms with Crippen LogP contribution in [0.15, 0.2) is 102 Å². The Bertz CT molecular complexity index is 1790. The summed E-state index contributed by atoms with van der Waals surface area (Å²) in [6.07, 6.45) is 4.09. The Morgan fingerprint density at radius 1 is 0.809 bits per heavy atom. The Balaban J connectivity index is 1.58. The molecule has 47 heavy (non-hydrogen) atoms. The van der Waals surface area contributed by atoms with Crippen LogP contribution in [0.2, 0.25) is 10.0 Å². The van der Waals surface area contributed by atoms with Crippen molar-refractivity contribution in [2.45, 2.75) is 69.5 Å². The number of halogens is 2. The molecule has 4 aromatic rings. The molecule has 1 aliphatic carbocycles. The minimum atomic E-state index is -4.27. The van der Waals surface area contributed by atoms with Gasteiger partial charge in [0.25, 0.3) is 10.0 Å². The van der Waals surface area contributed by atoms with Crippen LogP contribution in [0.25, 0.3) is 0 Å². The summed E-state index contributed by atoms with van der Waals surface area (Å²) in [5.74, 6) is -0.804. The molecule has 0 heterocycles. The third kappa shape index (κ3) is 8.95. The van der Waals surface area contributed by atoms with E-state index in [2.05, 4.69) is 5.32 Å². The van der Waals surface area contributed by atoms with Crippen LogP contribution < -0.4 is 9.62 Å². The summed E-state index contributed by atoms with van der Waals surface area (Å²) in [4.78, 5) is 30.3. The Hall–Kier alpha value is -3.85. The Morgan fingerprint density at radius 2 is 1.45 bits per heavy atom. The number of hydrogen-bond acceptors (Lipinski definition) is 4. The zero-order chi connectivity index (χ0) is 33.6. The molecule has 1 unspecified atom stereocenters. The number of carbonyl (C=O) groups excluding carboxylic acids is 2. The van der Waals surface area contributed by atoms with E-state index in [1.165, 1.54) is 35.2 Å². The SMILES string of the molecule is Cc1ccc(S(=O)(=O)N(CC(=O)N(Cc2cccc(C)c2)C(Cc2ccccc2)C(=O)NC2CCCC2)c2cc(Cl)cc(Cl)c2)cc1. The Morgan fingerprint density at radius 3 is 2.09 bits per heavy atom. The first-order valence-electron chi connectivity index (χ1n) is 15.7. The molecule has 0 aliphatic heterocycles. The van der Waals surface area contributed by atoms with Crippen LogP contribution in [0.3, 0.4) is 0 Å². The van der Waals surface area contributed by atoms with Crippen molar-refractivity contribution in [1.29, 1.82) is 0 Å². The van der Waals surface area contributed by atoms with Crippen LogP contribution in [-0.2, 0) is 32.6 Å².